The normalized spacial score (nSPS) is 23.5. The maximum atomic E-state index is 13.4. The highest BCUT2D eigenvalue weighted by atomic mass is 16.6. The molecule has 0 spiro atoms. The molecule has 1 heterocycles. The Morgan fingerprint density at radius 1 is 1.23 bits per heavy atom. The van der Waals surface area contributed by atoms with E-state index in [0.29, 0.717) is 17.0 Å². The molecule has 1 saturated carbocycles. The van der Waals surface area contributed by atoms with Crippen molar-refractivity contribution in [2.45, 2.75) is 52.6 Å². The second-order valence-corrected chi connectivity index (χ2v) is 9.34. The van der Waals surface area contributed by atoms with E-state index in [0.717, 1.165) is 20.0 Å². The number of ether oxygens (including phenoxy) is 2. The second-order valence-electron chi connectivity index (χ2n) is 9.34. The number of hydrogen-bond donors (Lipinski definition) is 1. The number of benzene rings is 1. The van der Waals surface area contributed by atoms with Crippen LogP contribution in [-0.2, 0) is 19.1 Å². The molecule has 0 amide bonds. The third kappa shape index (κ3) is 5.48. The second kappa shape index (κ2) is 10.6. The van der Waals surface area contributed by atoms with Gasteiger partial charge >= 0.3 is 11.9 Å². The molecule has 1 fully saturated rings. The molecule has 0 radical (unpaired) electrons. The van der Waals surface area contributed by atoms with Crippen molar-refractivity contribution in [3.63, 3.8) is 0 Å². The van der Waals surface area contributed by atoms with Crippen LogP contribution in [-0.4, -0.2) is 45.3 Å². The van der Waals surface area contributed by atoms with Gasteiger partial charge in [0.15, 0.2) is 11.7 Å². The van der Waals surface area contributed by atoms with Gasteiger partial charge in [0.2, 0.25) is 0 Å². The quantitative estimate of drug-likeness (QED) is 0.351. The SMILES string of the molecule is COC(=O)C(C#N)C(C(=O)OC1C(C)CC(C)CC1C)c1nc(-c2ccc(C)c([N+](=O)[O-])c2)n[nH]1. The van der Waals surface area contributed by atoms with E-state index >= 15 is 0 Å². The fourth-order valence-electron chi connectivity index (χ4n) is 4.92. The van der Waals surface area contributed by atoms with Gasteiger partial charge in [0.05, 0.1) is 18.1 Å². The predicted molar refractivity (Wildman–Crippen MR) is 124 cm³/mol. The molecule has 1 N–H and O–H groups in total. The van der Waals surface area contributed by atoms with Gasteiger partial charge in [-0.05, 0) is 37.5 Å². The number of aromatic nitrogens is 3. The predicted octanol–water partition coefficient (Wildman–Crippen LogP) is 3.70. The van der Waals surface area contributed by atoms with Crippen molar-refractivity contribution in [3.05, 3.63) is 39.7 Å². The Balaban J connectivity index is 1.97. The standard InChI is InChI=1S/C24H29N5O6/c1-12-8-14(3)20(15(4)9-12)35-24(31)19(17(11-25)23(30)34-5)22-26-21(27-28-22)16-7-6-13(2)18(10-16)29(32)33/h6-7,10,12,14-15,17,19-20H,8-9H2,1-5H3,(H,26,27,28). The Kier molecular flexibility index (Phi) is 7.84. The Hall–Kier alpha value is -3.81. The smallest absolute Gasteiger partial charge is 0.324 e. The van der Waals surface area contributed by atoms with Gasteiger partial charge in [0.25, 0.3) is 5.69 Å². The summed E-state index contributed by atoms with van der Waals surface area (Å²) in [5.41, 5.74) is 0.701. The number of methoxy groups -OCH3 is 1. The molecule has 3 rings (SSSR count). The molecule has 0 aliphatic heterocycles. The largest absolute Gasteiger partial charge is 0.468 e. The number of nitrogens with one attached hydrogen (secondary N) is 1. The number of H-pyrrole nitrogens is 1. The molecule has 1 aromatic carbocycles. The summed E-state index contributed by atoms with van der Waals surface area (Å²) in [6.07, 6.45) is 1.41. The van der Waals surface area contributed by atoms with E-state index in [1.54, 1.807) is 19.1 Å². The minimum Gasteiger partial charge on any atom is -0.468 e. The minimum absolute atomic E-state index is 0.0605. The Bertz CT molecular complexity index is 1140. The molecule has 1 aliphatic carbocycles. The summed E-state index contributed by atoms with van der Waals surface area (Å²) in [5.74, 6) is -3.88. The van der Waals surface area contributed by atoms with Crippen LogP contribution in [0.3, 0.4) is 0 Å². The lowest BCUT2D eigenvalue weighted by Gasteiger charge is -2.37. The van der Waals surface area contributed by atoms with E-state index in [-0.39, 0.29) is 35.3 Å². The first-order chi connectivity index (χ1) is 16.6. The van der Waals surface area contributed by atoms with Gasteiger partial charge in [0.1, 0.15) is 17.8 Å². The number of carbonyl (C=O) groups excluding carboxylic acids is 2. The number of esters is 2. The number of aromatic amines is 1. The highest BCUT2D eigenvalue weighted by molar-refractivity contribution is 5.87. The molecule has 0 saturated heterocycles. The lowest BCUT2D eigenvalue weighted by atomic mass is 9.75. The summed E-state index contributed by atoms with van der Waals surface area (Å²) in [7, 11) is 1.12. The molecule has 11 nitrogen and oxygen atoms in total. The van der Waals surface area contributed by atoms with Crippen LogP contribution in [0.5, 0.6) is 0 Å². The Labute approximate surface area is 203 Å². The summed E-state index contributed by atoms with van der Waals surface area (Å²) in [6.45, 7) is 7.79. The van der Waals surface area contributed by atoms with Crippen LogP contribution in [0.4, 0.5) is 5.69 Å². The number of hydrogen-bond acceptors (Lipinski definition) is 9. The fraction of sp³-hybridized carbons (Fsp3) is 0.542. The first-order valence-electron chi connectivity index (χ1n) is 11.4. The average Bonchev–Trinajstić information content (AvgIpc) is 3.28. The van der Waals surface area contributed by atoms with Crippen molar-refractivity contribution in [3.8, 4) is 17.5 Å². The van der Waals surface area contributed by atoms with Gasteiger partial charge in [-0.3, -0.25) is 24.8 Å². The zero-order chi connectivity index (χ0) is 25.9. The molecule has 35 heavy (non-hydrogen) atoms. The molecule has 11 heteroatoms. The van der Waals surface area contributed by atoms with Gasteiger partial charge in [-0.25, -0.2) is 4.98 Å². The van der Waals surface area contributed by atoms with Crippen LogP contribution >= 0.6 is 0 Å². The van der Waals surface area contributed by atoms with Gasteiger partial charge in [-0.1, -0.05) is 32.9 Å². The number of nitro benzene ring substituents is 1. The summed E-state index contributed by atoms with van der Waals surface area (Å²) in [6, 6.07) is 6.32. The summed E-state index contributed by atoms with van der Waals surface area (Å²) in [5, 5.41) is 27.7. The summed E-state index contributed by atoms with van der Waals surface area (Å²) < 4.78 is 10.6. The average molecular weight is 484 g/mol. The number of nitriles is 1. The van der Waals surface area contributed by atoms with E-state index in [1.165, 1.54) is 6.07 Å². The van der Waals surface area contributed by atoms with Crippen LogP contribution in [0.25, 0.3) is 11.4 Å². The van der Waals surface area contributed by atoms with E-state index in [2.05, 4.69) is 22.1 Å². The first-order valence-corrected chi connectivity index (χ1v) is 11.4. The lowest BCUT2D eigenvalue weighted by molar-refractivity contribution is -0.385. The lowest BCUT2D eigenvalue weighted by Crippen LogP contribution is -2.40. The van der Waals surface area contributed by atoms with E-state index in [4.69, 9.17) is 9.47 Å². The van der Waals surface area contributed by atoms with Crippen molar-refractivity contribution in [1.82, 2.24) is 15.2 Å². The Morgan fingerprint density at radius 2 is 1.89 bits per heavy atom. The number of nitrogens with zero attached hydrogens (tertiary/aromatic N) is 4. The van der Waals surface area contributed by atoms with Crippen molar-refractivity contribution in [2.24, 2.45) is 23.7 Å². The molecule has 186 valence electrons. The van der Waals surface area contributed by atoms with Crippen LogP contribution in [0.1, 0.15) is 50.9 Å². The van der Waals surface area contributed by atoms with E-state index in [1.807, 2.05) is 19.9 Å². The minimum atomic E-state index is -1.52. The fourth-order valence-corrected chi connectivity index (χ4v) is 4.92. The molecule has 1 aromatic heterocycles. The number of aryl methyl sites for hydroxylation is 1. The van der Waals surface area contributed by atoms with Crippen molar-refractivity contribution >= 4 is 17.6 Å². The van der Waals surface area contributed by atoms with Crippen molar-refractivity contribution < 1.29 is 24.0 Å². The zero-order valence-corrected chi connectivity index (χ0v) is 20.3. The molecular formula is C24H29N5O6. The van der Waals surface area contributed by atoms with Crippen LogP contribution in [0, 0.1) is 52.0 Å². The molecular weight excluding hydrogens is 454 g/mol. The van der Waals surface area contributed by atoms with Crippen LogP contribution in [0.15, 0.2) is 18.2 Å². The van der Waals surface area contributed by atoms with Gasteiger partial charge < -0.3 is 9.47 Å². The zero-order valence-electron chi connectivity index (χ0n) is 20.3. The number of nitro groups is 1. The highest BCUT2D eigenvalue weighted by Gasteiger charge is 2.43. The highest BCUT2D eigenvalue weighted by Crippen LogP contribution is 2.37. The number of rotatable bonds is 7. The molecule has 0 bridgehead atoms. The van der Waals surface area contributed by atoms with Crippen molar-refractivity contribution in [2.75, 3.05) is 7.11 Å². The first kappa shape index (κ1) is 25.8. The van der Waals surface area contributed by atoms with Gasteiger partial charge in [0, 0.05) is 17.2 Å². The number of carbonyl (C=O) groups is 2. The Morgan fingerprint density at radius 3 is 2.46 bits per heavy atom. The molecule has 1 aliphatic rings. The summed E-state index contributed by atoms with van der Waals surface area (Å²) >= 11 is 0. The molecule has 4 unspecified atom stereocenters. The third-order valence-electron chi connectivity index (χ3n) is 6.57. The summed E-state index contributed by atoms with van der Waals surface area (Å²) in [4.78, 5) is 40.9. The van der Waals surface area contributed by atoms with Crippen molar-refractivity contribution in [1.29, 1.82) is 5.26 Å². The van der Waals surface area contributed by atoms with Crippen LogP contribution < -0.4 is 0 Å². The van der Waals surface area contributed by atoms with Gasteiger partial charge in [-0.2, -0.15) is 10.4 Å². The maximum Gasteiger partial charge on any atom is 0.324 e. The topological polar surface area (TPSA) is 161 Å². The van der Waals surface area contributed by atoms with E-state index < -0.39 is 28.7 Å². The third-order valence-corrected chi connectivity index (χ3v) is 6.57. The maximum absolute atomic E-state index is 13.4. The monoisotopic (exact) mass is 483 g/mol. The molecule has 2 aromatic rings. The van der Waals surface area contributed by atoms with Gasteiger partial charge in [-0.15, -0.1) is 0 Å². The van der Waals surface area contributed by atoms with E-state index in [9.17, 15) is 25.0 Å². The van der Waals surface area contributed by atoms with Crippen LogP contribution in [0.2, 0.25) is 0 Å². The molecule has 4 atom stereocenters.